The van der Waals surface area contributed by atoms with Gasteiger partial charge in [-0.15, -0.1) is 0 Å². The molecule has 0 saturated heterocycles. The Hall–Kier alpha value is -3.16. The van der Waals surface area contributed by atoms with Gasteiger partial charge in [0.2, 0.25) is 0 Å². The first-order chi connectivity index (χ1) is 12.9. The highest BCUT2D eigenvalue weighted by Gasteiger charge is 2.40. The molecule has 2 heterocycles. The van der Waals surface area contributed by atoms with Crippen LogP contribution < -0.4 is 5.32 Å². The summed E-state index contributed by atoms with van der Waals surface area (Å²) in [6.45, 7) is 2.00. The lowest BCUT2D eigenvalue weighted by molar-refractivity contribution is -0.143. The molecule has 3 rings (SSSR count). The van der Waals surface area contributed by atoms with Crippen LogP contribution in [0.3, 0.4) is 0 Å². The van der Waals surface area contributed by atoms with Gasteiger partial charge < -0.3 is 5.32 Å². The number of benzene rings is 1. The van der Waals surface area contributed by atoms with E-state index < -0.39 is 23.3 Å². The SMILES string of the molecule is Cc1ccc(-n2ncc(C(=O)NCCc3ccccn3)c2C(F)(F)F)cc1. The quantitative estimate of drug-likeness (QED) is 0.743. The van der Waals surface area contributed by atoms with Gasteiger partial charge in [-0.2, -0.15) is 18.3 Å². The van der Waals surface area contributed by atoms with Crippen LogP contribution in [0.5, 0.6) is 0 Å². The van der Waals surface area contributed by atoms with Gasteiger partial charge in [0.05, 0.1) is 17.4 Å². The van der Waals surface area contributed by atoms with Crippen LogP contribution in [0.4, 0.5) is 13.2 Å². The Balaban J connectivity index is 1.82. The number of hydrogen-bond acceptors (Lipinski definition) is 3. The minimum Gasteiger partial charge on any atom is -0.352 e. The summed E-state index contributed by atoms with van der Waals surface area (Å²) >= 11 is 0. The number of rotatable bonds is 5. The number of aromatic nitrogens is 3. The number of alkyl halides is 3. The van der Waals surface area contributed by atoms with Gasteiger partial charge in [0, 0.05) is 24.9 Å². The molecule has 0 saturated carbocycles. The summed E-state index contributed by atoms with van der Waals surface area (Å²) in [6.07, 6.45) is -1.75. The molecule has 0 unspecified atom stereocenters. The van der Waals surface area contributed by atoms with Crippen molar-refractivity contribution in [3.05, 3.63) is 77.4 Å². The lowest BCUT2D eigenvalue weighted by atomic mass is 10.2. The number of hydrogen-bond donors (Lipinski definition) is 1. The van der Waals surface area contributed by atoms with Crippen molar-refractivity contribution in [1.82, 2.24) is 20.1 Å². The fourth-order valence-corrected chi connectivity index (χ4v) is 2.61. The first-order valence-electron chi connectivity index (χ1n) is 8.26. The van der Waals surface area contributed by atoms with Crippen LogP contribution in [-0.2, 0) is 12.6 Å². The van der Waals surface area contributed by atoms with Crippen LogP contribution >= 0.6 is 0 Å². The average Bonchev–Trinajstić information content (AvgIpc) is 3.09. The van der Waals surface area contributed by atoms with E-state index in [1.165, 1.54) is 12.1 Å². The summed E-state index contributed by atoms with van der Waals surface area (Å²) < 4.78 is 41.6. The Labute approximate surface area is 153 Å². The van der Waals surface area contributed by atoms with E-state index in [1.807, 2.05) is 6.92 Å². The van der Waals surface area contributed by atoms with Gasteiger partial charge in [0.25, 0.3) is 5.91 Å². The van der Waals surface area contributed by atoms with E-state index in [4.69, 9.17) is 0 Å². The van der Waals surface area contributed by atoms with E-state index in [2.05, 4.69) is 15.4 Å². The third-order valence-corrected chi connectivity index (χ3v) is 3.95. The molecule has 1 N–H and O–H groups in total. The maximum Gasteiger partial charge on any atom is 0.434 e. The van der Waals surface area contributed by atoms with Crippen LogP contribution in [0, 0.1) is 6.92 Å². The highest BCUT2D eigenvalue weighted by Crippen LogP contribution is 2.33. The molecular weight excluding hydrogens is 357 g/mol. The lowest BCUT2D eigenvalue weighted by Crippen LogP contribution is -2.28. The van der Waals surface area contributed by atoms with Crippen molar-refractivity contribution in [3.8, 4) is 5.69 Å². The fraction of sp³-hybridized carbons (Fsp3) is 0.211. The molecule has 0 aliphatic carbocycles. The molecule has 3 aromatic rings. The highest BCUT2D eigenvalue weighted by molar-refractivity contribution is 5.95. The van der Waals surface area contributed by atoms with Gasteiger partial charge in [-0.3, -0.25) is 9.78 Å². The van der Waals surface area contributed by atoms with E-state index in [9.17, 15) is 18.0 Å². The molecule has 0 bridgehead atoms. The van der Waals surface area contributed by atoms with E-state index in [1.54, 1.807) is 36.5 Å². The molecule has 140 valence electrons. The lowest BCUT2D eigenvalue weighted by Gasteiger charge is -2.13. The summed E-state index contributed by atoms with van der Waals surface area (Å²) in [4.78, 5) is 16.4. The number of carbonyl (C=O) groups is 1. The topological polar surface area (TPSA) is 59.8 Å². The molecule has 0 fully saturated rings. The van der Waals surface area contributed by atoms with Gasteiger partial charge in [-0.1, -0.05) is 23.8 Å². The van der Waals surface area contributed by atoms with E-state index in [0.29, 0.717) is 6.42 Å². The molecular formula is C19H17F3N4O. The predicted molar refractivity (Wildman–Crippen MR) is 93.6 cm³/mol. The molecule has 0 aliphatic rings. The third-order valence-electron chi connectivity index (χ3n) is 3.95. The van der Waals surface area contributed by atoms with Crippen LogP contribution in [0.1, 0.15) is 27.3 Å². The normalized spacial score (nSPS) is 11.4. The second kappa shape index (κ2) is 7.61. The summed E-state index contributed by atoms with van der Waals surface area (Å²) in [6, 6.07) is 11.8. The van der Waals surface area contributed by atoms with Gasteiger partial charge >= 0.3 is 6.18 Å². The van der Waals surface area contributed by atoms with Crippen LogP contribution in [0.15, 0.2) is 54.9 Å². The number of halogens is 3. The zero-order chi connectivity index (χ0) is 19.4. The van der Waals surface area contributed by atoms with Crippen LogP contribution in [0.2, 0.25) is 0 Å². The monoisotopic (exact) mass is 374 g/mol. The molecule has 5 nitrogen and oxygen atoms in total. The minimum absolute atomic E-state index is 0.169. The van der Waals surface area contributed by atoms with Gasteiger partial charge in [-0.05, 0) is 31.2 Å². The van der Waals surface area contributed by atoms with Gasteiger partial charge in [0.1, 0.15) is 0 Å². The van der Waals surface area contributed by atoms with Crippen molar-refractivity contribution >= 4 is 5.91 Å². The maximum absolute atomic E-state index is 13.6. The Kier molecular flexibility index (Phi) is 5.25. The summed E-state index contributed by atoms with van der Waals surface area (Å²) in [5.41, 5.74) is 0.280. The van der Waals surface area contributed by atoms with E-state index >= 15 is 0 Å². The van der Waals surface area contributed by atoms with Gasteiger partial charge in [0.15, 0.2) is 5.69 Å². The molecule has 8 heteroatoms. The molecule has 2 aromatic heterocycles. The van der Waals surface area contributed by atoms with Crippen molar-refractivity contribution < 1.29 is 18.0 Å². The Morgan fingerprint density at radius 1 is 1.15 bits per heavy atom. The number of aryl methyl sites for hydroxylation is 1. The summed E-state index contributed by atoms with van der Waals surface area (Å²) in [5, 5.41) is 6.29. The Morgan fingerprint density at radius 3 is 2.52 bits per heavy atom. The number of nitrogens with one attached hydrogen (secondary N) is 1. The Bertz CT molecular complexity index is 918. The molecule has 27 heavy (non-hydrogen) atoms. The van der Waals surface area contributed by atoms with Crippen molar-refractivity contribution in [2.24, 2.45) is 0 Å². The molecule has 0 spiro atoms. The molecule has 0 atom stereocenters. The number of pyridine rings is 1. The van der Waals surface area contributed by atoms with Crippen molar-refractivity contribution in [3.63, 3.8) is 0 Å². The zero-order valence-electron chi connectivity index (χ0n) is 14.5. The van der Waals surface area contributed by atoms with Crippen molar-refractivity contribution in [2.75, 3.05) is 6.54 Å². The standard InChI is InChI=1S/C19H17F3N4O/c1-13-5-7-15(8-6-13)26-17(19(20,21)22)16(12-25-26)18(27)24-11-9-14-4-2-3-10-23-14/h2-8,10,12H,9,11H2,1H3,(H,24,27). The number of nitrogens with zero attached hydrogens (tertiary/aromatic N) is 3. The van der Waals surface area contributed by atoms with Crippen LogP contribution in [0.25, 0.3) is 5.69 Å². The first-order valence-corrected chi connectivity index (χ1v) is 8.26. The van der Waals surface area contributed by atoms with Crippen LogP contribution in [-0.4, -0.2) is 27.2 Å². The molecule has 1 aromatic carbocycles. The summed E-state index contributed by atoms with van der Waals surface area (Å²) in [7, 11) is 0. The second-order valence-electron chi connectivity index (χ2n) is 5.98. The number of amides is 1. The average molecular weight is 374 g/mol. The minimum atomic E-state index is -4.73. The van der Waals surface area contributed by atoms with Crippen molar-refractivity contribution in [2.45, 2.75) is 19.5 Å². The third kappa shape index (κ3) is 4.33. The van der Waals surface area contributed by atoms with Gasteiger partial charge in [-0.25, -0.2) is 4.68 Å². The molecule has 0 radical (unpaired) electrons. The highest BCUT2D eigenvalue weighted by atomic mass is 19.4. The molecule has 1 amide bonds. The smallest absolute Gasteiger partial charge is 0.352 e. The molecule has 0 aliphatic heterocycles. The number of carbonyl (C=O) groups excluding carboxylic acids is 1. The van der Waals surface area contributed by atoms with E-state index in [-0.39, 0.29) is 12.2 Å². The summed E-state index contributed by atoms with van der Waals surface area (Å²) in [5.74, 6) is -0.823. The second-order valence-corrected chi connectivity index (χ2v) is 5.98. The Morgan fingerprint density at radius 2 is 1.89 bits per heavy atom. The maximum atomic E-state index is 13.6. The fourth-order valence-electron chi connectivity index (χ4n) is 2.61. The van der Waals surface area contributed by atoms with Crippen molar-refractivity contribution in [1.29, 1.82) is 0 Å². The first kappa shape index (κ1) is 18.6. The largest absolute Gasteiger partial charge is 0.434 e. The zero-order valence-corrected chi connectivity index (χ0v) is 14.5. The predicted octanol–water partition coefficient (Wildman–Crippen LogP) is 3.57. The van der Waals surface area contributed by atoms with E-state index in [0.717, 1.165) is 22.1 Å².